The van der Waals surface area contributed by atoms with E-state index < -0.39 is 29.3 Å². The zero-order valence-corrected chi connectivity index (χ0v) is 16.5. The summed E-state index contributed by atoms with van der Waals surface area (Å²) >= 11 is 0. The van der Waals surface area contributed by atoms with E-state index in [1.165, 1.54) is 30.3 Å². The van der Waals surface area contributed by atoms with Gasteiger partial charge in [-0.1, -0.05) is 42.0 Å². The number of benzene rings is 3. The first-order valence-electron chi connectivity index (χ1n) is 9.47. The first kappa shape index (κ1) is 20.4. The molecule has 7 heteroatoms. The first-order valence-corrected chi connectivity index (χ1v) is 9.47. The summed E-state index contributed by atoms with van der Waals surface area (Å²) in [6.07, 6.45) is 0. The van der Waals surface area contributed by atoms with Crippen LogP contribution in [-0.4, -0.2) is 16.7 Å². The number of anilines is 1. The minimum Gasteiger partial charge on any atom is -0.350 e. The Kier molecular flexibility index (Phi) is 5.33. The van der Waals surface area contributed by atoms with Crippen molar-refractivity contribution in [3.63, 3.8) is 0 Å². The number of imide groups is 1. The normalized spacial score (nSPS) is 13.9. The molecular weight excluding hydrogens is 405 g/mol. The number of hydrogen-bond acceptors (Lipinski definition) is 3. The minimum absolute atomic E-state index is 0.0398. The zero-order valence-electron chi connectivity index (χ0n) is 16.5. The van der Waals surface area contributed by atoms with Crippen molar-refractivity contribution in [2.45, 2.75) is 13.5 Å². The fourth-order valence-corrected chi connectivity index (χ4v) is 3.31. The fraction of sp³-hybridized carbons (Fsp3) is 0.0833. The predicted molar refractivity (Wildman–Crippen MR) is 110 cm³/mol. The molecule has 0 atom stereocenters. The molecule has 0 radical (unpaired) electrons. The van der Waals surface area contributed by atoms with E-state index in [1.807, 2.05) is 6.92 Å². The lowest BCUT2D eigenvalue weighted by atomic mass is 10.0. The van der Waals surface area contributed by atoms with Gasteiger partial charge in [-0.25, -0.2) is 13.2 Å². The molecule has 0 saturated carbocycles. The highest BCUT2D eigenvalue weighted by atomic mass is 19.2. The molecule has 156 valence electrons. The fourth-order valence-electron chi connectivity index (χ4n) is 3.31. The molecular formula is C24H17F3N2O2. The van der Waals surface area contributed by atoms with Crippen LogP contribution in [0, 0.1) is 24.4 Å². The van der Waals surface area contributed by atoms with E-state index >= 15 is 0 Å². The molecule has 31 heavy (non-hydrogen) atoms. The van der Waals surface area contributed by atoms with Crippen molar-refractivity contribution < 1.29 is 22.8 Å². The second-order valence-electron chi connectivity index (χ2n) is 7.19. The van der Waals surface area contributed by atoms with Crippen LogP contribution in [0.1, 0.15) is 16.7 Å². The predicted octanol–water partition coefficient (Wildman–Crippen LogP) is 4.80. The van der Waals surface area contributed by atoms with E-state index in [4.69, 9.17) is 0 Å². The number of rotatable bonds is 5. The average Bonchev–Trinajstić information content (AvgIpc) is 2.97. The van der Waals surface area contributed by atoms with Crippen LogP contribution >= 0.6 is 0 Å². The van der Waals surface area contributed by atoms with Gasteiger partial charge in [-0.15, -0.1) is 0 Å². The van der Waals surface area contributed by atoms with Crippen LogP contribution in [0.25, 0.3) is 5.57 Å². The summed E-state index contributed by atoms with van der Waals surface area (Å²) < 4.78 is 40.2. The molecule has 0 aromatic heterocycles. The van der Waals surface area contributed by atoms with Gasteiger partial charge in [-0.05, 0) is 42.3 Å². The molecule has 0 saturated heterocycles. The zero-order chi connectivity index (χ0) is 22.1. The summed E-state index contributed by atoms with van der Waals surface area (Å²) in [5, 5.41) is 2.78. The maximum absolute atomic E-state index is 13.7. The Labute approximate surface area is 176 Å². The summed E-state index contributed by atoms with van der Waals surface area (Å²) in [5.74, 6) is -3.69. The molecule has 1 aliphatic rings. The van der Waals surface area contributed by atoms with Crippen molar-refractivity contribution in [2.24, 2.45) is 0 Å². The second kappa shape index (κ2) is 8.10. The molecule has 2 amide bonds. The van der Waals surface area contributed by atoms with E-state index in [0.717, 1.165) is 22.6 Å². The van der Waals surface area contributed by atoms with E-state index in [9.17, 15) is 22.8 Å². The molecule has 1 aliphatic heterocycles. The number of nitrogens with zero attached hydrogens (tertiary/aromatic N) is 1. The average molecular weight is 422 g/mol. The number of carbonyl (C=O) groups is 2. The molecule has 3 aromatic rings. The van der Waals surface area contributed by atoms with Gasteiger partial charge in [-0.3, -0.25) is 14.5 Å². The standard InChI is InChI=1S/C24H17F3N2O2/c1-14-2-6-16(7-3-14)21-22(28-18-10-11-19(26)20(27)12-18)24(31)29(23(21)30)13-15-4-8-17(25)9-5-15/h2-12,28H,13H2,1H3. The van der Waals surface area contributed by atoms with Crippen molar-refractivity contribution in [3.05, 3.63) is 107 Å². The maximum Gasteiger partial charge on any atom is 0.278 e. The lowest BCUT2D eigenvalue weighted by molar-refractivity contribution is -0.137. The highest BCUT2D eigenvalue weighted by molar-refractivity contribution is 6.36. The first-order chi connectivity index (χ1) is 14.8. The minimum atomic E-state index is -1.08. The SMILES string of the molecule is Cc1ccc(C2=C(Nc3ccc(F)c(F)c3)C(=O)N(Cc3ccc(F)cc3)C2=O)cc1. The lowest BCUT2D eigenvalue weighted by Crippen LogP contribution is -2.32. The van der Waals surface area contributed by atoms with Gasteiger partial charge >= 0.3 is 0 Å². The van der Waals surface area contributed by atoms with E-state index in [0.29, 0.717) is 11.1 Å². The van der Waals surface area contributed by atoms with Gasteiger partial charge in [0.25, 0.3) is 11.8 Å². The Balaban J connectivity index is 1.74. The van der Waals surface area contributed by atoms with Crippen molar-refractivity contribution >= 4 is 23.1 Å². The van der Waals surface area contributed by atoms with Gasteiger partial charge in [0.15, 0.2) is 11.6 Å². The van der Waals surface area contributed by atoms with Gasteiger partial charge in [0, 0.05) is 11.8 Å². The maximum atomic E-state index is 13.7. The molecule has 0 fully saturated rings. The van der Waals surface area contributed by atoms with Crippen LogP contribution in [0.3, 0.4) is 0 Å². The molecule has 3 aromatic carbocycles. The number of aryl methyl sites for hydroxylation is 1. The molecule has 4 rings (SSSR count). The van der Waals surface area contributed by atoms with Crippen molar-refractivity contribution in [2.75, 3.05) is 5.32 Å². The molecule has 1 N–H and O–H groups in total. The number of carbonyl (C=O) groups excluding carboxylic acids is 2. The Bertz CT molecular complexity index is 1200. The molecule has 0 aliphatic carbocycles. The summed E-state index contributed by atoms with van der Waals surface area (Å²) in [5.41, 5.74) is 2.26. The Morgan fingerprint density at radius 1 is 0.806 bits per heavy atom. The third kappa shape index (κ3) is 4.07. The summed E-state index contributed by atoms with van der Waals surface area (Å²) in [6.45, 7) is 1.83. The third-order valence-corrected chi connectivity index (χ3v) is 4.95. The van der Waals surface area contributed by atoms with Gasteiger partial charge in [-0.2, -0.15) is 0 Å². The number of halogens is 3. The molecule has 0 bridgehead atoms. The van der Waals surface area contributed by atoms with Crippen LogP contribution in [0.5, 0.6) is 0 Å². The molecule has 0 unspecified atom stereocenters. The highest BCUT2D eigenvalue weighted by Gasteiger charge is 2.39. The van der Waals surface area contributed by atoms with E-state index in [-0.39, 0.29) is 23.5 Å². The monoisotopic (exact) mass is 422 g/mol. The van der Waals surface area contributed by atoms with Gasteiger partial charge < -0.3 is 5.32 Å². The molecule has 0 spiro atoms. The summed E-state index contributed by atoms with van der Waals surface area (Å²) in [7, 11) is 0. The highest BCUT2D eigenvalue weighted by Crippen LogP contribution is 2.32. The number of amides is 2. The number of nitrogens with one attached hydrogen (secondary N) is 1. The Morgan fingerprint density at radius 2 is 1.48 bits per heavy atom. The van der Waals surface area contributed by atoms with Crippen molar-refractivity contribution in [1.29, 1.82) is 0 Å². The Hall–Kier alpha value is -3.87. The Morgan fingerprint density at radius 3 is 2.13 bits per heavy atom. The smallest absolute Gasteiger partial charge is 0.278 e. The second-order valence-corrected chi connectivity index (χ2v) is 7.19. The largest absolute Gasteiger partial charge is 0.350 e. The summed E-state index contributed by atoms with van der Waals surface area (Å²) in [4.78, 5) is 27.4. The quantitative estimate of drug-likeness (QED) is 0.601. The molecule has 1 heterocycles. The van der Waals surface area contributed by atoms with Crippen LogP contribution < -0.4 is 5.32 Å². The number of hydrogen-bond donors (Lipinski definition) is 1. The van der Waals surface area contributed by atoms with Gasteiger partial charge in [0.05, 0.1) is 12.1 Å². The van der Waals surface area contributed by atoms with Gasteiger partial charge in [0.1, 0.15) is 11.5 Å². The van der Waals surface area contributed by atoms with Crippen LogP contribution in [0.2, 0.25) is 0 Å². The summed E-state index contributed by atoms with van der Waals surface area (Å²) in [6, 6.07) is 15.6. The third-order valence-electron chi connectivity index (χ3n) is 4.95. The lowest BCUT2D eigenvalue weighted by Gasteiger charge is -2.15. The van der Waals surface area contributed by atoms with Gasteiger partial charge in [0.2, 0.25) is 0 Å². The van der Waals surface area contributed by atoms with Crippen LogP contribution in [0.4, 0.5) is 18.9 Å². The van der Waals surface area contributed by atoms with Crippen LogP contribution in [-0.2, 0) is 16.1 Å². The van der Waals surface area contributed by atoms with Crippen LogP contribution in [0.15, 0.2) is 72.4 Å². The van der Waals surface area contributed by atoms with Crippen molar-refractivity contribution in [3.8, 4) is 0 Å². The van der Waals surface area contributed by atoms with E-state index in [2.05, 4.69) is 5.32 Å². The topological polar surface area (TPSA) is 49.4 Å². The van der Waals surface area contributed by atoms with Crippen molar-refractivity contribution in [1.82, 2.24) is 4.90 Å². The molecule has 4 nitrogen and oxygen atoms in total. The van der Waals surface area contributed by atoms with E-state index in [1.54, 1.807) is 24.3 Å².